The standard InChI is InChI=1S/C12H22N2O4/c1-8-4-3-5-9(6-8)14(2)12(18)13-10(7-15)11(16)17/h8-10,15H,3-7H2,1-2H3,(H,13,18)(H,16,17)/t8?,9?,10-/m0/s1. The van der Waals surface area contributed by atoms with Crippen molar-refractivity contribution in [3.63, 3.8) is 0 Å². The molecule has 18 heavy (non-hydrogen) atoms. The highest BCUT2D eigenvalue weighted by Gasteiger charge is 2.27. The van der Waals surface area contributed by atoms with Crippen LogP contribution in [0.15, 0.2) is 0 Å². The minimum atomic E-state index is -1.24. The van der Waals surface area contributed by atoms with E-state index in [1.54, 1.807) is 11.9 Å². The fourth-order valence-corrected chi connectivity index (χ4v) is 2.36. The smallest absolute Gasteiger partial charge is 0.328 e. The van der Waals surface area contributed by atoms with E-state index in [-0.39, 0.29) is 6.04 Å². The van der Waals surface area contributed by atoms with Gasteiger partial charge in [0, 0.05) is 13.1 Å². The maximum absolute atomic E-state index is 11.9. The van der Waals surface area contributed by atoms with Crippen LogP contribution in [0.1, 0.15) is 32.6 Å². The van der Waals surface area contributed by atoms with Crippen molar-refractivity contribution in [3.05, 3.63) is 0 Å². The molecule has 0 aromatic carbocycles. The van der Waals surface area contributed by atoms with Gasteiger partial charge in [0.25, 0.3) is 0 Å². The molecule has 1 saturated carbocycles. The molecule has 0 saturated heterocycles. The monoisotopic (exact) mass is 258 g/mol. The Bertz CT molecular complexity index is 308. The van der Waals surface area contributed by atoms with Crippen LogP contribution < -0.4 is 5.32 Å². The number of nitrogens with one attached hydrogen (secondary N) is 1. The van der Waals surface area contributed by atoms with Crippen molar-refractivity contribution in [2.75, 3.05) is 13.7 Å². The summed E-state index contributed by atoms with van der Waals surface area (Å²) in [7, 11) is 1.67. The molecule has 1 fully saturated rings. The molecule has 2 unspecified atom stereocenters. The van der Waals surface area contributed by atoms with Crippen molar-refractivity contribution < 1.29 is 19.8 Å². The molecule has 104 valence electrons. The number of hydrogen-bond donors (Lipinski definition) is 3. The number of aliphatic hydroxyl groups is 1. The van der Waals surface area contributed by atoms with Crippen molar-refractivity contribution >= 4 is 12.0 Å². The van der Waals surface area contributed by atoms with Gasteiger partial charge in [0.15, 0.2) is 6.04 Å². The highest BCUT2D eigenvalue weighted by atomic mass is 16.4. The van der Waals surface area contributed by atoms with Crippen molar-refractivity contribution in [2.45, 2.75) is 44.7 Å². The quantitative estimate of drug-likeness (QED) is 0.690. The first-order chi connectivity index (χ1) is 8.45. The Labute approximate surface area is 107 Å². The van der Waals surface area contributed by atoms with Gasteiger partial charge in [-0.15, -0.1) is 0 Å². The van der Waals surface area contributed by atoms with Gasteiger partial charge < -0.3 is 20.4 Å². The minimum Gasteiger partial charge on any atom is -0.480 e. The van der Waals surface area contributed by atoms with Crippen LogP contribution in [0, 0.1) is 5.92 Å². The third kappa shape index (κ3) is 3.87. The van der Waals surface area contributed by atoms with E-state index in [9.17, 15) is 9.59 Å². The van der Waals surface area contributed by atoms with E-state index in [0.29, 0.717) is 5.92 Å². The molecule has 3 atom stereocenters. The number of carbonyl (C=O) groups is 2. The van der Waals surface area contributed by atoms with E-state index in [1.807, 2.05) is 0 Å². The molecule has 1 aliphatic carbocycles. The Morgan fingerprint density at radius 3 is 2.61 bits per heavy atom. The first-order valence-electron chi connectivity index (χ1n) is 6.32. The van der Waals surface area contributed by atoms with Gasteiger partial charge in [0.2, 0.25) is 0 Å². The van der Waals surface area contributed by atoms with Crippen molar-refractivity contribution in [1.29, 1.82) is 0 Å². The normalized spacial score (nSPS) is 25.3. The van der Waals surface area contributed by atoms with Crippen molar-refractivity contribution in [1.82, 2.24) is 10.2 Å². The number of hydrogen-bond acceptors (Lipinski definition) is 3. The van der Waals surface area contributed by atoms with Gasteiger partial charge in [-0.3, -0.25) is 0 Å². The highest BCUT2D eigenvalue weighted by molar-refractivity contribution is 5.82. The van der Waals surface area contributed by atoms with Crippen LogP contribution in [0.3, 0.4) is 0 Å². The number of nitrogens with zero attached hydrogens (tertiary/aromatic N) is 1. The summed E-state index contributed by atoms with van der Waals surface area (Å²) in [5.74, 6) is -0.636. The van der Waals surface area contributed by atoms with Crippen molar-refractivity contribution in [2.24, 2.45) is 5.92 Å². The number of carbonyl (C=O) groups excluding carboxylic acids is 1. The van der Waals surface area contributed by atoms with E-state index in [2.05, 4.69) is 12.2 Å². The summed E-state index contributed by atoms with van der Waals surface area (Å²) in [5, 5.41) is 19.9. The molecule has 0 heterocycles. The topological polar surface area (TPSA) is 89.9 Å². The first kappa shape index (κ1) is 14.8. The summed E-state index contributed by atoms with van der Waals surface area (Å²) in [5.41, 5.74) is 0. The number of aliphatic carboxylic acids is 1. The van der Waals surface area contributed by atoms with E-state index < -0.39 is 24.6 Å². The summed E-state index contributed by atoms with van der Waals surface area (Å²) in [4.78, 5) is 24.1. The lowest BCUT2D eigenvalue weighted by Gasteiger charge is -2.34. The molecular weight excluding hydrogens is 236 g/mol. The highest BCUT2D eigenvalue weighted by Crippen LogP contribution is 2.26. The molecule has 3 N–H and O–H groups in total. The van der Waals surface area contributed by atoms with Crippen LogP contribution in [-0.2, 0) is 4.79 Å². The second kappa shape index (κ2) is 6.58. The summed E-state index contributed by atoms with van der Waals surface area (Å²) in [6.45, 7) is 1.56. The van der Waals surface area contributed by atoms with Gasteiger partial charge in [-0.1, -0.05) is 19.8 Å². The fraction of sp³-hybridized carbons (Fsp3) is 0.833. The van der Waals surface area contributed by atoms with Crippen LogP contribution in [0.25, 0.3) is 0 Å². The average molecular weight is 258 g/mol. The number of aliphatic hydroxyl groups excluding tert-OH is 1. The van der Waals surface area contributed by atoms with Gasteiger partial charge in [-0.25, -0.2) is 9.59 Å². The Kier molecular flexibility index (Phi) is 5.40. The predicted octanol–water partition coefficient (Wildman–Crippen LogP) is 0.652. The van der Waals surface area contributed by atoms with E-state index in [1.165, 1.54) is 6.42 Å². The SMILES string of the molecule is CC1CCCC(N(C)C(=O)N[C@@H](CO)C(=O)O)C1. The molecule has 0 aromatic rings. The number of carboxylic acids is 1. The van der Waals surface area contributed by atoms with Crippen molar-refractivity contribution in [3.8, 4) is 0 Å². The van der Waals surface area contributed by atoms with Crippen LogP contribution in [0.4, 0.5) is 4.79 Å². The lowest BCUT2D eigenvalue weighted by molar-refractivity contribution is -0.140. The Balaban J connectivity index is 2.52. The summed E-state index contributed by atoms with van der Waals surface area (Å²) in [6.07, 6.45) is 4.16. The molecule has 6 heteroatoms. The van der Waals surface area contributed by atoms with Gasteiger partial charge in [0.05, 0.1) is 6.61 Å². The maximum Gasteiger partial charge on any atom is 0.328 e. The molecule has 1 rings (SSSR count). The zero-order chi connectivity index (χ0) is 13.7. The van der Waals surface area contributed by atoms with Crippen LogP contribution in [-0.4, -0.2) is 52.9 Å². The second-order valence-electron chi connectivity index (χ2n) is 5.06. The lowest BCUT2D eigenvalue weighted by atomic mass is 9.86. The Hall–Kier alpha value is -1.30. The number of urea groups is 1. The first-order valence-corrected chi connectivity index (χ1v) is 6.32. The molecule has 2 amide bonds. The van der Waals surface area contributed by atoms with Gasteiger partial charge in [-0.2, -0.15) is 0 Å². The Morgan fingerprint density at radius 2 is 2.11 bits per heavy atom. The van der Waals surface area contributed by atoms with Crippen LogP contribution in [0.5, 0.6) is 0 Å². The third-order valence-electron chi connectivity index (χ3n) is 3.56. The summed E-state index contributed by atoms with van der Waals surface area (Å²) in [6, 6.07) is -1.52. The average Bonchev–Trinajstić information content (AvgIpc) is 2.34. The summed E-state index contributed by atoms with van der Waals surface area (Å²) < 4.78 is 0. The summed E-state index contributed by atoms with van der Waals surface area (Å²) >= 11 is 0. The minimum absolute atomic E-state index is 0.155. The molecule has 1 aliphatic rings. The largest absolute Gasteiger partial charge is 0.480 e. The molecule has 0 bridgehead atoms. The van der Waals surface area contributed by atoms with E-state index in [0.717, 1.165) is 19.3 Å². The number of amides is 2. The molecule has 0 radical (unpaired) electrons. The molecule has 6 nitrogen and oxygen atoms in total. The second-order valence-corrected chi connectivity index (χ2v) is 5.06. The van der Waals surface area contributed by atoms with Crippen LogP contribution >= 0.6 is 0 Å². The molecule has 0 aromatic heterocycles. The lowest BCUT2D eigenvalue weighted by Crippen LogP contribution is -2.51. The molecular formula is C12H22N2O4. The molecule has 0 spiro atoms. The number of rotatable bonds is 4. The number of carboxylic acid groups (broad SMARTS) is 1. The zero-order valence-electron chi connectivity index (χ0n) is 10.9. The van der Waals surface area contributed by atoms with E-state index >= 15 is 0 Å². The van der Waals surface area contributed by atoms with E-state index in [4.69, 9.17) is 10.2 Å². The zero-order valence-corrected chi connectivity index (χ0v) is 10.9. The van der Waals surface area contributed by atoms with Crippen LogP contribution in [0.2, 0.25) is 0 Å². The predicted molar refractivity (Wildman–Crippen MR) is 66.2 cm³/mol. The fourth-order valence-electron chi connectivity index (χ4n) is 2.36. The Morgan fingerprint density at radius 1 is 1.44 bits per heavy atom. The van der Waals surface area contributed by atoms with Gasteiger partial charge in [-0.05, 0) is 18.8 Å². The molecule has 0 aliphatic heterocycles. The maximum atomic E-state index is 11.9. The van der Waals surface area contributed by atoms with Gasteiger partial charge in [0.1, 0.15) is 0 Å². The third-order valence-corrected chi connectivity index (χ3v) is 3.56. The van der Waals surface area contributed by atoms with Gasteiger partial charge >= 0.3 is 12.0 Å².